The molecule has 2 atom stereocenters. The molecule has 4 rings (SSSR count). The van der Waals surface area contributed by atoms with E-state index < -0.39 is 0 Å². The highest BCUT2D eigenvalue weighted by Crippen LogP contribution is 2.29. The highest BCUT2D eigenvalue weighted by molar-refractivity contribution is 5.80. The fourth-order valence-corrected chi connectivity index (χ4v) is 2.82. The van der Waals surface area contributed by atoms with E-state index in [2.05, 4.69) is 27.4 Å². The lowest BCUT2D eigenvalue weighted by molar-refractivity contribution is 0.319. The molecule has 106 valence electrons. The van der Waals surface area contributed by atoms with Crippen LogP contribution in [0.3, 0.4) is 0 Å². The maximum absolute atomic E-state index is 5.42. The first-order chi connectivity index (χ1) is 10.3. The summed E-state index contributed by atoms with van der Waals surface area (Å²) in [4.78, 5) is 9.12. The molecule has 0 saturated carbocycles. The van der Waals surface area contributed by atoms with Gasteiger partial charge < -0.3 is 9.84 Å². The third-order valence-corrected chi connectivity index (χ3v) is 4.07. The van der Waals surface area contributed by atoms with Gasteiger partial charge in [-0.25, -0.2) is 4.98 Å². The summed E-state index contributed by atoms with van der Waals surface area (Å²) in [7, 11) is 0. The van der Waals surface area contributed by atoms with E-state index in [0.29, 0.717) is 17.6 Å². The number of nitrogens with zero attached hydrogens (tertiary/aromatic N) is 3. The Morgan fingerprint density at radius 2 is 2.05 bits per heavy atom. The number of hydrogen-bond donors (Lipinski definition) is 1. The minimum absolute atomic E-state index is 0.159. The highest BCUT2D eigenvalue weighted by Gasteiger charge is 2.29. The molecule has 3 heterocycles. The first-order valence-corrected chi connectivity index (χ1v) is 7.24. The molecule has 1 N–H and O–H groups in total. The Bertz CT molecular complexity index is 783. The Morgan fingerprint density at radius 1 is 1.14 bits per heavy atom. The van der Waals surface area contributed by atoms with Gasteiger partial charge in [-0.05, 0) is 31.0 Å². The molecule has 0 radical (unpaired) electrons. The second kappa shape index (κ2) is 4.93. The van der Waals surface area contributed by atoms with Crippen LogP contribution in [0.4, 0.5) is 0 Å². The summed E-state index contributed by atoms with van der Waals surface area (Å²) in [5, 5.41) is 8.59. The molecule has 1 aromatic carbocycles. The summed E-state index contributed by atoms with van der Waals surface area (Å²) in [6.07, 6.45) is 1.14. The predicted molar refractivity (Wildman–Crippen MR) is 79.6 cm³/mol. The van der Waals surface area contributed by atoms with Gasteiger partial charge in [0, 0.05) is 5.39 Å². The van der Waals surface area contributed by atoms with E-state index in [1.165, 1.54) is 0 Å². The third-order valence-electron chi connectivity index (χ3n) is 4.07. The number of benzene rings is 1. The zero-order valence-corrected chi connectivity index (χ0v) is 11.8. The van der Waals surface area contributed by atoms with Crippen molar-refractivity contribution in [2.45, 2.75) is 19.4 Å². The van der Waals surface area contributed by atoms with Crippen LogP contribution in [0.2, 0.25) is 0 Å². The molecule has 1 fully saturated rings. The minimum Gasteiger partial charge on any atom is -0.337 e. The van der Waals surface area contributed by atoms with Gasteiger partial charge in [-0.15, -0.1) is 0 Å². The normalized spacial score (nSPS) is 22.0. The molecule has 0 aliphatic carbocycles. The van der Waals surface area contributed by atoms with Crippen molar-refractivity contribution in [2.24, 2.45) is 5.92 Å². The monoisotopic (exact) mass is 280 g/mol. The maximum Gasteiger partial charge on any atom is 0.244 e. The first kappa shape index (κ1) is 12.5. The van der Waals surface area contributed by atoms with Crippen LogP contribution in [0.25, 0.3) is 22.4 Å². The van der Waals surface area contributed by atoms with Crippen LogP contribution in [0.15, 0.2) is 40.9 Å². The summed E-state index contributed by atoms with van der Waals surface area (Å²) in [6.45, 7) is 3.20. The number of aromatic nitrogens is 3. The molecule has 0 spiro atoms. The maximum atomic E-state index is 5.42. The zero-order valence-electron chi connectivity index (χ0n) is 11.8. The van der Waals surface area contributed by atoms with Gasteiger partial charge in [0.25, 0.3) is 0 Å². The van der Waals surface area contributed by atoms with E-state index in [1.54, 1.807) is 0 Å². The van der Waals surface area contributed by atoms with Crippen molar-refractivity contribution in [2.75, 3.05) is 6.54 Å². The van der Waals surface area contributed by atoms with Crippen LogP contribution >= 0.6 is 0 Å². The largest absolute Gasteiger partial charge is 0.337 e. The average molecular weight is 280 g/mol. The smallest absolute Gasteiger partial charge is 0.244 e. The van der Waals surface area contributed by atoms with Gasteiger partial charge >= 0.3 is 0 Å². The number of fused-ring (bicyclic) bond motifs is 1. The molecule has 3 aromatic rings. The molecule has 21 heavy (non-hydrogen) atoms. The molecular formula is C16H16N4O. The summed E-state index contributed by atoms with van der Waals surface area (Å²) >= 11 is 0. The van der Waals surface area contributed by atoms with E-state index in [-0.39, 0.29) is 6.04 Å². The lowest BCUT2D eigenvalue weighted by Gasteiger charge is -2.09. The topological polar surface area (TPSA) is 63.8 Å². The van der Waals surface area contributed by atoms with Crippen LogP contribution in [0, 0.1) is 5.92 Å². The SMILES string of the molecule is CC1CCNC1c1nc(-c2ccc3ccccc3n2)no1. The summed E-state index contributed by atoms with van der Waals surface area (Å²) in [6, 6.07) is 12.1. The highest BCUT2D eigenvalue weighted by atomic mass is 16.5. The molecule has 0 amide bonds. The second-order valence-corrected chi connectivity index (χ2v) is 5.54. The van der Waals surface area contributed by atoms with Crippen LogP contribution in [0.1, 0.15) is 25.3 Å². The molecule has 1 saturated heterocycles. The average Bonchev–Trinajstić information content (AvgIpc) is 3.15. The predicted octanol–water partition coefficient (Wildman–Crippen LogP) is 2.96. The van der Waals surface area contributed by atoms with Crippen LogP contribution in [-0.4, -0.2) is 21.7 Å². The number of rotatable bonds is 2. The Labute approximate surface area is 122 Å². The molecular weight excluding hydrogens is 264 g/mol. The van der Waals surface area contributed by atoms with Crippen molar-refractivity contribution in [3.63, 3.8) is 0 Å². The minimum atomic E-state index is 0.159. The summed E-state index contributed by atoms with van der Waals surface area (Å²) in [5.74, 6) is 1.73. The number of hydrogen-bond acceptors (Lipinski definition) is 5. The fraction of sp³-hybridized carbons (Fsp3) is 0.312. The number of nitrogens with one attached hydrogen (secondary N) is 1. The van der Waals surface area contributed by atoms with E-state index in [1.807, 2.05) is 36.4 Å². The third kappa shape index (κ3) is 2.19. The molecule has 2 unspecified atom stereocenters. The van der Waals surface area contributed by atoms with E-state index in [9.17, 15) is 0 Å². The van der Waals surface area contributed by atoms with Crippen molar-refractivity contribution in [3.05, 3.63) is 42.3 Å². The van der Waals surface area contributed by atoms with Crippen molar-refractivity contribution in [1.29, 1.82) is 0 Å². The second-order valence-electron chi connectivity index (χ2n) is 5.54. The van der Waals surface area contributed by atoms with Gasteiger partial charge in [-0.3, -0.25) is 0 Å². The van der Waals surface area contributed by atoms with Gasteiger partial charge in [0.05, 0.1) is 11.6 Å². The van der Waals surface area contributed by atoms with E-state index in [0.717, 1.165) is 29.6 Å². The van der Waals surface area contributed by atoms with Gasteiger partial charge in [0.2, 0.25) is 11.7 Å². The van der Waals surface area contributed by atoms with Crippen molar-refractivity contribution >= 4 is 10.9 Å². The van der Waals surface area contributed by atoms with Gasteiger partial charge in [-0.2, -0.15) is 4.98 Å². The van der Waals surface area contributed by atoms with E-state index in [4.69, 9.17) is 4.52 Å². The number of para-hydroxylation sites is 1. The zero-order chi connectivity index (χ0) is 14.2. The Balaban J connectivity index is 1.70. The van der Waals surface area contributed by atoms with Gasteiger partial charge in [0.1, 0.15) is 5.69 Å². The van der Waals surface area contributed by atoms with Gasteiger partial charge in [0.15, 0.2) is 0 Å². The van der Waals surface area contributed by atoms with E-state index >= 15 is 0 Å². The quantitative estimate of drug-likeness (QED) is 0.782. The summed E-state index contributed by atoms with van der Waals surface area (Å²) in [5.41, 5.74) is 1.68. The molecule has 5 nitrogen and oxygen atoms in total. The fourth-order valence-electron chi connectivity index (χ4n) is 2.82. The molecule has 1 aliphatic rings. The van der Waals surface area contributed by atoms with Crippen molar-refractivity contribution in [1.82, 2.24) is 20.4 Å². The van der Waals surface area contributed by atoms with Gasteiger partial charge in [-0.1, -0.05) is 36.3 Å². The standard InChI is InChI=1S/C16H16N4O/c1-10-8-9-17-14(10)16-19-15(20-21-16)13-7-6-11-4-2-3-5-12(11)18-13/h2-7,10,14,17H,8-9H2,1H3. The molecule has 5 heteroatoms. The molecule has 0 bridgehead atoms. The molecule has 1 aliphatic heterocycles. The lowest BCUT2D eigenvalue weighted by Crippen LogP contribution is -2.16. The van der Waals surface area contributed by atoms with Crippen molar-refractivity contribution < 1.29 is 4.52 Å². The van der Waals surface area contributed by atoms with Crippen LogP contribution in [0.5, 0.6) is 0 Å². The summed E-state index contributed by atoms with van der Waals surface area (Å²) < 4.78 is 5.42. The van der Waals surface area contributed by atoms with Crippen molar-refractivity contribution in [3.8, 4) is 11.5 Å². The number of pyridine rings is 1. The Kier molecular flexibility index (Phi) is 2.93. The molecule has 2 aromatic heterocycles. The first-order valence-electron chi connectivity index (χ1n) is 7.24. The lowest BCUT2D eigenvalue weighted by atomic mass is 10.0. The Morgan fingerprint density at radius 3 is 2.90 bits per heavy atom. The Hall–Kier alpha value is -2.27. The van der Waals surface area contributed by atoms with Crippen LogP contribution in [-0.2, 0) is 0 Å². The van der Waals surface area contributed by atoms with Crippen LogP contribution < -0.4 is 5.32 Å².